The van der Waals surface area contributed by atoms with Crippen molar-refractivity contribution in [2.24, 2.45) is 0 Å². The monoisotopic (exact) mass is 259 g/mol. The average molecular weight is 259 g/mol. The molecule has 3 nitrogen and oxygen atoms in total. The molecule has 0 spiro atoms. The Hall–Kier alpha value is -1.09. The highest BCUT2D eigenvalue weighted by atomic mass is 15.4. The van der Waals surface area contributed by atoms with Crippen LogP contribution in [0, 0.1) is 0 Å². The summed E-state index contributed by atoms with van der Waals surface area (Å²) in [7, 11) is 2.24. The second-order valence-electron chi connectivity index (χ2n) is 6.38. The zero-order valence-electron chi connectivity index (χ0n) is 12.6. The van der Waals surface area contributed by atoms with Crippen LogP contribution in [0.15, 0.2) is 12.3 Å². The van der Waals surface area contributed by atoms with Crippen LogP contribution in [0.3, 0.4) is 0 Å². The van der Waals surface area contributed by atoms with Crippen LogP contribution in [0.25, 0.3) is 0 Å². The van der Waals surface area contributed by atoms with Crippen molar-refractivity contribution in [2.45, 2.75) is 51.6 Å². The van der Waals surface area contributed by atoms with Crippen molar-refractivity contribution in [1.29, 1.82) is 0 Å². The van der Waals surface area contributed by atoms with Crippen molar-refractivity contribution < 1.29 is 0 Å². The molecule has 1 aromatic heterocycles. The SMILES string of the molecule is CCc1cc(N2C[C@@H]3C[C@H]2CN3C)ncc1C(C)C. The van der Waals surface area contributed by atoms with E-state index in [-0.39, 0.29) is 0 Å². The second-order valence-corrected chi connectivity index (χ2v) is 6.38. The molecule has 2 fully saturated rings. The molecule has 0 aliphatic carbocycles. The molecule has 104 valence electrons. The quantitative estimate of drug-likeness (QED) is 0.832. The normalized spacial score (nSPS) is 26.7. The summed E-state index contributed by atoms with van der Waals surface area (Å²) in [5.74, 6) is 1.76. The Kier molecular flexibility index (Phi) is 3.25. The van der Waals surface area contributed by atoms with E-state index in [1.165, 1.54) is 29.9 Å². The van der Waals surface area contributed by atoms with Gasteiger partial charge < -0.3 is 4.90 Å². The Labute approximate surface area is 116 Å². The van der Waals surface area contributed by atoms with Crippen molar-refractivity contribution in [3.8, 4) is 0 Å². The first-order valence-corrected chi connectivity index (χ1v) is 7.55. The van der Waals surface area contributed by atoms with Crippen molar-refractivity contribution in [1.82, 2.24) is 9.88 Å². The first-order chi connectivity index (χ1) is 9.10. The Morgan fingerprint density at radius 2 is 2.11 bits per heavy atom. The van der Waals surface area contributed by atoms with Crippen LogP contribution in [0.2, 0.25) is 0 Å². The number of hydrogen-bond donors (Lipinski definition) is 0. The van der Waals surface area contributed by atoms with Gasteiger partial charge in [-0.25, -0.2) is 4.98 Å². The number of pyridine rings is 1. The van der Waals surface area contributed by atoms with Gasteiger partial charge in [-0.2, -0.15) is 0 Å². The molecule has 0 amide bonds. The van der Waals surface area contributed by atoms with Gasteiger partial charge in [0, 0.05) is 31.4 Å². The molecule has 3 rings (SSSR count). The molecule has 2 atom stereocenters. The van der Waals surface area contributed by atoms with Crippen LogP contribution in [0.4, 0.5) is 5.82 Å². The zero-order valence-corrected chi connectivity index (χ0v) is 12.6. The number of fused-ring (bicyclic) bond motifs is 2. The lowest BCUT2D eigenvalue weighted by atomic mass is 9.98. The maximum Gasteiger partial charge on any atom is 0.129 e. The van der Waals surface area contributed by atoms with Gasteiger partial charge in [-0.1, -0.05) is 20.8 Å². The van der Waals surface area contributed by atoms with E-state index in [1.54, 1.807) is 0 Å². The molecule has 0 radical (unpaired) electrons. The molecule has 0 saturated carbocycles. The summed E-state index contributed by atoms with van der Waals surface area (Å²) in [5, 5.41) is 0. The van der Waals surface area contributed by atoms with Crippen LogP contribution < -0.4 is 4.90 Å². The third-order valence-corrected chi connectivity index (χ3v) is 4.82. The summed E-state index contributed by atoms with van der Waals surface area (Å²) >= 11 is 0. The number of likely N-dealkylation sites (N-methyl/N-ethyl adjacent to an activating group) is 1. The van der Waals surface area contributed by atoms with Gasteiger partial charge in [0.2, 0.25) is 0 Å². The molecule has 2 aliphatic heterocycles. The fraction of sp³-hybridized carbons (Fsp3) is 0.688. The van der Waals surface area contributed by atoms with E-state index < -0.39 is 0 Å². The number of likely N-dealkylation sites (tertiary alicyclic amines) is 1. The molecule has 1 aromatic rings. The highest BCUT2D eigenvalue weighted by Gasteiger charge is 2.41. The Bertz CT molecular complexity index is 467. The number of hydrogen-bond acceptors (Lipinski definition) is 3. The third-order valence-electron chi connectivity index (χ3n) is 4.82. The van der Waals surface area contributed by atoms with E-state index in [0.717, 1.165) is 19.0 Å². The van der Waals surface area contributed by atoms with Crippen molar-refractivity contribution >= 4 is 5.82 Å². The molecule has 2 saturated heterocycles. The highest BCUT2D eigenvalue weighted by Crippen LogP contribution is 2.33. The molecular weight excluding hydrogens is 234 g/mol. The third kappa shape index (κ3) is 2.14. The van der Waals surface area contributed by atoms with Gasteiger partial charge in [-0.15, -0.1) is 0 Å². The number of rotatable bonds is 3. The first-order valence-electron chi connectivity index (χ1n) is 7.55. The van der Waals surface area contributed by atoms with Crippen LogP contribution in [-0.2, 0) is 6.42 Å². The molecule has 3 heterocycles. The summed E-state index contributed by atoms with van der Waals surface area (Å²) in [6, 6.07) is 3.74. The minimum atomic E-state index is 0.567. The van der Waals surface area contributed by atoms with Gasteiger partial charge in [0.15, 0.2) is 0 Å². The van der Waals surface area contributed by atoms with Crippen molar-refractivity contribution in [3.05, 3.63) is 23.4 Å². The predicted molar refractivity (Wildman–Crippen MR) is 79.9 cm³/mol. The second kappa shape index (κ2) is 4.78. The van der Waals surface area contributed by atoms with E-state index in [4.69, 9.17) is 4.98 Å². The van der Waals surface area contributed by atoms with Gasteiger partial charge in [-0.3, -0.25) is 4.90 Å². The molecule has 0 aromatic carbocycles. The van der Waals surface area contributed by atoms with Gasteiger partial charge in [-0.05, 0) is 43.0 Å². The van der Waals surface area contributed by atoms with Crippen molar-refractivity contribution in [2.75, 3.05) is 25.0 Å². The number of aryl methyl sites for hydroxylation is 1. The van der Waals surface area contributed by atoms with Gasteiger partial charge in [0.05, 0.1) is 0 Å². The minimum Gasteiger partial charge on any atom is -0.351 e. The Morgan fingerprint density at radius 3 is 2.63 bits per heavy atom. The first kappa shape index (κ1) is 12.9. The van der Waals surface area contributed by atoms with E-state index in [9.17, 15) is 0 Å². The summed E-state index contributed by atoms with van der Waals surface area (Å²) in [6.45, 7) is 9.10. The number of aromatic nitrogens is 1. The van der Waals surface area contributed by atoms with Crippen LogP contribution in [0.1, 0.15) is 44.2 Å². The lowest BCUT2D eigenvalue weighted by Crippen LogP contribution is -2.44. The standard InChI is InChI=1S/C16H25N3/c1-5-12-6-16(17-8-15(12)11(2)3)19-10-13-7-14(19)9-18(13)4/h6,8,11,13-14H,5,7,9-10H2,1-4H3/t13-,14-/m0/s1. The van der Waals surface area contributed by atoms with Crippen LogP contribution >= 0.6 is 0 Å². The van der Waals surface area contributed by atoms with Crippen molar-refractivity contribution in [3.63, 3.8) is 0 Å². The van der Waals surface area contributed by atoms with E-state index in [1.807, 2.05) is 0 Å². The minimum absolute atomic E-state index is 0.567. The summed E-state index contributed by atoms with van der Waals surface area (Å²) in [6.07, 6.45) is 4.52. The van der Waals surface area contributed by atoms with Gasteiger partial charge in [0.25, 0.3) is 0 Å². The molecule has 2 bridgehead atoms. The number of anilines is 1. The maximum atomic E-state index is 4.74. The molecule has 0 N–H and O–H groups in total. The van der Waals surface area contributed by atoms with E-state index in [0.29, 0.717) is 12.0 Å². The molecule has 2 aliphatic rings. The summed E-state index contributed by atoms with van der Waals surface area (Å²) in [4.78, 5) is 9.75. The predicted octanol–water partition coefficient (Wildman–Crippen LogP) is 2.66. The van der Waals surface area contributed by atoms with Crippen LogP contribution in [-0.4, -0.2) is 42.1 Å². The fourth-order valence-electron chi connectivity index (χ4n) is 3.62. The number of nitrogens with zero attached hydrogens (tertiary/aromatic N) is 3. The molecule has 19 heavy (non-hydrogen) atoms. The lowest BCUT2D eigenvalue weighted by Gasteiger charge is -2.33. The van der Waals surface area contributed by atoms with E-state index in [2.05, 4.69) is 49.9 Å². The largest absolute Gasteiger partial charge is 0.351 e. The molecule has 0 unspecified atom stereocenters. The average Bonchev–Trinajstić information content (AvgIpc) is 2.96. The highest BCUT2D eigenvalue weighted by molar-refractivity contribution is 5.48. The summed E-state index contributed by atoms with van der Waals surface area (Å²) < 4.78 is 0. The zero-order chi connectivity index (χ0) is 13.6. The Balaban J connectivity index is 1.87. The van der Waals surface area contributed by atoms with E-state index >= 15 is 0 Å². The number of piperazine rings is 1. The molecule has 3 heteroatoms. The maximum absolute atomic E-state index is 4.74. The smallest absolute Gasteiger partial charge is 0.129 e. The fourth-order valence-corrected chi connectivity index (χ4v) is 3.62. The summed E-state index contributed by atoms with van der Waals surface area (Å²) in [5.41, 5.74) is 2.88. The lowest BCUT2D eigenvalue weighted by molar-refractivity contribution is 0.292. The topological polar surface area (TPSA) is 19.4 Å². The Morgan fingerprint density at radius 1 is 1.32 bits per heavy atom. The van der Waals surface area contributed by atoms with Gasteiger partial charge >= 0.3 is 0 Å². The molecular formula is C16H25N3. The van der Waals surface area contributed by atoms with Gasteiger partial charge in [0.1, 0.15) is 5.82 Å². The van der Waals surface area contributed by atoms with Crippen LogP contribution in [0.5, 0.6) is 0 Å².